The first-order chi connectivity index (χ1) is 13.6. The van der Waals surface area contributed by atoms with Crippen molar-refractivity contribution in [2.45, 2.75) is 12.3 Å². The molecule has 0 spiro atoms. The van der Waals surface area contributed by atoms with Gasteiger partial charge in [0.1, 0.15) is 0 Å². The van der Waals surface area contributed by atoms with E-state index >= 15 is 0 Å². The van der Waals surface area contributed by atoms with Crippen LogP contribution in [-0.4, -0.2) is 36.8 Å². The van der Waals surface area contributed by atoms with Gasteiger partial charge in [0.25, 0.3) is 5.89 Å². The number of carbonyl (C=O) groups is 1. The Bertz CT molecular complexity index is 1000. The lowest BCUT2D eigenvalue weighted by molar-refractivity contribution is -0.117. The Morgan fingerprint density at radius 3 is 2.57 bits per heavy atom. The Morgan fingerprint density at radius 2 is 1.86 bits per heavy atom. The predicted octanol–water partition coefficient (Wildman–Crippen LogP) is 3.93. The van der Waals surface area contributed by atoms with E-state index < -0.39 is 0 Å². The van der Waals surface area contributed by atoms with Crippen molar-refractivity contribution < 1.29 is 18.8 Å². The highest BCUT2D eigenvalue weighted by molar-refractivity contribution is 6.30. The quantitative estimate of drug-likeness (QED) is 0.647. The predicted molar refractivity (Wildman–Crippen MR) is 104 cm³/mol. The topological polar surface area (TPSA) is 77.7 Å². The van der Waals surface area contributed by atoms with Crippen molar-refractivity contribution in [3.63, 3.8) is 0 Å². The van der Waals surface area contributed by atoms with Gasteiger partial charge in [-0.3, -0.25) is 4.79 Å². The number of carbonyl (C=O) groups excluding carboxylic acids is 1. The van der Waals surface area contributed by atoms with E-state index in [-0.39, 0.29) is 11.8 Å². The minimum absolute atomic E-state index is 0.00457. The zero-order valence-electron chi connectivity index (χ0n) is 15.4. The normalized spacial score (nSPS) is 16.5. The molecule has 4 rings (SSSR count). The second-order valence-electron chi connectivity index (χ2n) is 6.41. The third-order valence-electron chi connectivity index (χ3n) is 4.70. The number of amides is 1. The maximum absolute atomic E-state index is 12.6. The third kappa shape index (κ3) is 3.41. The lowest BCUT2D eigenvalue weighted by Gasteiger charge is -2.18. The highest BCUT2D eigenvalue weighted by Crippen LogP contribution is 2.36. The van der Waals surface area contributed by atoms with E-state index in [1.54, 1.807) is 43.4 Å². The summed E-state index contributed by atoms with van der Waals surface area (Å²) in [5.41, 5.74) is 1.52. The average molecular weight is 400 g/mol. The van der Waals surface area contributed by atoms with E-state index in [2.05, 4.69) is 10.1 Å². The number of hydrogen-bond acceptors (Lipinski definition) is 6. The fraction of sp³-hybridized carbons (Fsp3) is 0.250. The summed E-state index contributed by atoms with van der Waals surface area (Å²) in [5, 5.41) is 4.71. The lowest BCUT2D eigenvalue weighted by atomic mass is 10.1. The molecule has 28 heavy (non-hydrogen) atoms. The van der Waals surface area contributed by atoms with Gasteiger partial charge in [-0.1, -0.05) is 16.8 Å². The Kier molecular flexibility index (Phi) is 4.92. The monoisotopic (exact) mass is 399 g/mol. The lowest BCUT2D eigenvalue weighted by Crippen LogP contribution is -2.24. The van der Waals surface area contributed by atoms with Crippen LogP contribution in [0.4, 0.5) is 5.69 Å². The Morgan fingerprint density at radius 1 is 1.11 bits per heavy atom. The number of methoxy groups -OCH3 is 2. The molecule has 0 radical (unpaired) electrons. The minimum atomic E-state index is -0.148. The molecule has 8 heteroatoms. The average Bonchev–Trinajstić information content (AvgIpc) is 3.35. The summed E-state index contributed by atoms with van der Waals surface area (Å²) in [7, 11) is 3.14. The first kappa shape index (κ1) is 18.3. The molecule has 1 aliphatic heterocycles. The van der Waals surface area contributed by atoms with E-state index in [0.717, 1.165) is 11.3 Å². The molecule has 144 valence electrons. The van der Waals surface area contributed by atoms with Crippen molar-refractivity contribution >= 4 is 23.2 Å². The van der Waals surface area contributed by atoms with Crippen LogP contribution in [0.3, 0.4) is 0 Å². The van der Waals surface area contributed by atoms with Gasteiger partial charge in [-0.2, -0.15) is 4.98 Å². The molecule has 7 nitrogen and oxygen atoms in total. The Balaban J connectivity index is 1.55. The van der Waals surface area contributed by atoms with Gasteiger partial charge in [-0.25, -0.2) is 0 Å². The summed E-state index contributed by atoms with van der Waals surface area (Å²) >= 11 is 5.91. The summed E-state index contributed by atoms with van der Waals surface area (Å²) in [6, 6.07) is 12.6. The SMILES string of the molecule is COc1ccc(N2C[C@H](c3noc(-c4ccc(Cl)cc4)n3)CC2=O)cc1OC. The van der Waals surface area contributed by atoms with E-state index in [4.69, 9.17) is 25.6 Å². The molecule has 2 heterocycles. The fourth-order valence-corrected chi connectivity index (χ4v) is 3.36. The molecule has 2 aromatic carbocycles. The van der Waals surface area contributed by atoms with Crippen molar-refractivity contribution in [1.29, 1.82) is 0 Å². The minimum Gasteiger partial charge on any atom is -0.493 e. The van der Waals surface area contributed by atoms with Crippen LogP contribution in [0, 0.1) is 0 Å². The van der Waals surface area contributed by atoms with Crippen molar-refractivity contribution in [3.8, 4) is 23.0 Å². The highest BCUT2D eigenvalue weighted by Gasteiger charge is 2.35. The number of nitrogens with zero attached hydrogens (tertiary/aromatic N) is 3. The van der Waals surface area contributed by atoms with Crippen molar-refractivity contribution in [1.82, 2.24) is 10.1 Å². The van der Waals surface area contributed by atoms with Gasteiger partial charge in [0.2, 0.25) is 5.91 Å². The molecule has 0 saturated carbocycles. The van der Waals surface area contributed by atoms with Gasteiger partial charge < -0.3 is 18.9 Å². The highest BCUT2D eigenvalue weighted by atomic mass is 35.5. The Labute approximate surface area is 166 Å². The summed E-state index contributed by atoms with van der Waals surface area (Å²) in [6.45, 7) is 0.466. The van der Waals surface area contributed by atoms with Crippen LogP contribution in [0.1, 0.15) is 18.2 Å². The summed E-state index contributed by atoms with van der Waals surface area (Å²) in [4.78, 5) is 18.8. The van der Waals surface area contributed by atoms with Crippen molar-refractivity contribution in [2.75, 3.05) is 25.7 Å². The van der Waals surface area contributed by atoms with E-state index in [9.17, 15) is 4.79 Å². The van der Waals surface area contributed by atoms with E-state index in [0.29, 0.717) is 41.2 Å². The third-order valence-corrected chi connectivity index (χ3v) is 4.95. The molecule has 1 aliphatic rings. The largest absolute Gasteiger partial charge is 0.493 e. The fourth-order valence-electron chi connectivity index (χ4n) is 3.23. The summed E-state index contributed by atoms with van der Waals surface area (Å²) < 4.78 is 16.0. The number of benzene rings is 2. The maximum Gasteiger partial charge on any atom is 0.257 e. The number of rotatable bonds is 5. The number of ether oxygens (including phenoxy) is 2. The molecule has 1 fully saturated rings. The van der Waals surface area contributed by atoms with Crippen LogP contribution in [0.2, 0.25) is 5.02 Å². The molecule has 0 aliphatic carbocycles. The second kappa shape index (κ2) is 7.52. The molecule has 1 saturated heterocycles. The smallest absolute Gasteiger partial charge is 0.257 e. The number of halogens is 1. The van der Waals surface area contributed by atoms with Crippen LogP contribution < -0.4 is 14.4 Å². The summed E-state index contributed by atoms with van der Waals surface area (Å²) in [6.07, 6.45) is 0.313. The van der Waals surface area contributed by atoms with Gasteiger partial charge in [0, 0.05) is 41.2 Å². The van der Waals surface area contributed by atoms with Gasteiger partial charge in [0.15, 0.2) is 17.3 Å². The van der Waals surface area contributed by atoms with Gasteiger partial charge in [-0.05, 0) is 36.4 Å². The molecular weight excluding hydrogens is 382 g/mol. The molecule has 1 amide bonds. The zero-order valence-corrected chi connectivity index (χ0v) is 16.1. The molecule has 0 bridgehead atoms. The molecular formula is C20H18ClN3O4. The molecule has 1 aromatic heterocycles. The van der Waals surface area contributed by atoms with Crippen LogP contribution in [0.25, 0.3) is 11.5 Å². The molecule has 1 atom stereocenters. The summed E-state index contributed by atoms with van der Waals surface area (Å²) in [5.74, 6) is 1.95. The number of aromatic nitrogens is 2. The van der Waals surface area contributed by atoms with Gasteiger partial charge in [-0.15, -0.1) is 0 Å². The molecule has 3 aromatic rings. The Hall–Kier alpha value is -3.06. The van der Waals surface area contributed by atoms with Crippen LogP contribution >= 0.6 is 11.6 Å². The number of hydrogen-bond donors (Lipinski definition) is 0. The van der Waals surface area contributed by atoms with Crippen LogP contribution in [0.5, 0.6) is 11.5 Å². The van der Waals surface area contributed by atoms with Crippen molar-refractivity contribution in [3.05, 3.63) is 53.3 Å². The van der Waals surface area contributed by atoms with Crippen LogP contribution in [0.15, 0.2) is 47.0 Å². The first-order valence-electron chi connectivity index (χ1n) is 8.71. The second-order valence-corrected chi connectivity index (χ2v) is 6.85. The van der Waals surface area contributed by atoms with E-state index in [1.807, 2.05) is 18.2 Å². The van der Waals surface area contributed by atoms with Crippen LogP contribution in [-0.2, 0) is 4.79 Å². The maximum atomic E-state index is 12.6. The standard InChI is InChI=1S/C20H18ClN3O4/c1-26-16-8-7-15(10-17(16)27-2)24-11-13(9-18(24)25)19-22-20(28-23-19)12-3-5-14(21)6-4-12/h3-8,10,13H,9,11H2,1-2H3/t13-/m1/s1. The zero-order chi connectivity index (χ0) is 19.7. The van der Waals surface area contributed by atoms with Gasteiger partial charge >= 0.3 is 0 Å². The number of anilines is 1. The molecule has 0 N–H and O–H groups in total. The molecule has 0 unspecified atom stereocenters. The van der Waals surface area contributed by atoms with E-state index in [1.165, 1.54) is 0 Å². The van der Waals surface area contributed by atoms with Crippen molar-refractivity contribution in [2.24, 2.45) is 0 Å². The van der Waals surface area contributed by atoms with Gasteiger partial charge in [0.05, 0.1) is 14.2 Å². The first-order valence-corrected chi connectivity index (χ1v) is 9.08.